The first kappa shape index (κ1) is 19.6. The topological polar surface area (TPSA) is 84.4 Å². The molecule has 3 N–H and O–H groups in total. The molecule has 1 fully saturated rings. The van der Waals surface area contributed by atoms with Crippen LogP contribution in [0.15, 0.2) is 54.7 Å². The number of imidazole rings is 1. The number of piperazine rings is 1. The number of nitrogens with two attached hydrogens (primary N) is 1. The Morgan fingerprint density at radius 3 is 2.74 bits per heavy atom. The van der Waals surface area contributed by atoms with Crippen molar-refractivity contribution in [3.8, 4) is 22.5 Å². The van der Waals surface area contributed by atoms with Crippen LogP contribution in [0.1, 0.15) is 12.6 Å². The number of rotatable bonds is 4. The van der Waals surface area contributed by atoms with Gasteiger partial charge >= 0.3 is 0 Å². The number of anilines is 1. The second kappa shape index (κ2) is 8.05. The molecule has 3 aromatic heterocycles. The third-order valence-electron chi connectivity index (χ3n) is 5.57. The van der Waals surface area contributed by atoms with Crippen molar-refractivity contribution < 1.29 is 4.39 Å². The molecule has 5 rings (SSSR count). The van der Waals surface area contributed by atoms with E-state index < -0.39 is 0 Å². The van der Waals surface area contributed by atoms with Crippen LogP contribution >= 0.6 is 0 Å². The Kier molecular flexibility index (Phi) is 5.09. The van der Waals surface area contributed by atoms with Gasteiger partial charge in [-0.05, 0) is 55.5 Å². The molecule has 4 aromatic rings. The van der Waals surface area contributed by atoms with Gasteiger partial charge in [-0.1, -0.05) is 0 Å². The smallest absolute Gasteiger partial charge is 0.155 e. The predicted octanol–water partition coefficient (Wildman–Crippen LogP) is 2.85. The van der Waals surface area contributed by atoms with E-state index in [1.807, 2.05) is 28.8 Å². The normalized spacial score (nSPS) is 16.7. The third kappa shape index (κ3) is 3.75. The molecule has 0 saturated carbocycles. The molecule has 8 heteroatoms. The first-order valence-electron chi connectivity index (χ1n) is 10.4. The fourth-order valence-corrected chi connectivity index (χ4v) is 4.04. The van der Waals surface area contributed by atoms with Crippen molar-refractivity contribution in [3.05, 3.63) is 66.2 Å². The number of benzene rings is 1. The minimum Gasteiger partial charge on any atom is -0.352 e. The molecule has 1 saturated heterocycles. The Hall–Kier alpha value is -3.36. The Bertz CT molecular complexity index is 1220. The highest BCUT2D eigenvalue weighted by Gasteiger charge is 2.21. The van der Waals surface area contributed by atoms with Crippen LogP contribution in [0.4, 0.5) is 10.2 Å². The van der Waals surface area contributed by atoms with E-state index in [2.05, 4.69) is 22.1 Å². The van der Waals surface area contributed by atoms with E-state index in [4.69, 9.17) is 15.8 Å². The second-order valence-corrected chi connectivity index (χ2v) is 7.82. The van der Waals surface area contributed by atoms with Crippen LogP contribution in [-0.4, -0.2) is 45.3 Å². The summed E-state index contributed by atoms with van der Waals surface area (Å²) in [5, 5.41) is 8.42. The van der Waals surface area contributed by atoms with Crippen molar-refractivity contribution in [1.29, 1.82) is 0 Å². The van der Waals surface area contributed by atoms with Crippen LogP contribution in [0.3, 0.4) is 0 Å². The first-order chi connectivity index (χ1) is 15.1. The summed E-state index contributed by atoms with van der Waals surface area (Å²) in [5.74, 6) is 0.620. The molecular weight excluding hydrogens is 393 g/mol. The SMILES string of the molecule is CC1CN(c2ccc3nc(-c4ccc(F)cc4)c(-c4ccnc(CN)c4)n3n2)CCN1. The number of fused-ring (bicyclic) bond motifs is 1. The zero-order valence-corrected chi connectivity index (χ0v) is 17.3. The number of aromatic nitrogens is 4. The quantitative estimate of drug-likeness (QED) is 0.531. The summed E-state index contributed by atoms with van der Waals surface area (Å²) in [7, 11) is 0. The van der Waals surface area contributed by atoms with E-state index in [9.17, 15) is 4.39 Å². The molecule has 0 bridgehead atoms. The molecule has 0 radical (unpaired) electrons. The second-order valence-electron chi connectivity index (χ2n) is 7.82. The van der Waals surface area contributed by atoms with E-state index in [-0.39, 0.29) is 5.82 Å². The van der Waals surface area contributed by atoms with Crippen molar-refractivity contribution in [1.82, 2.24) is 24.9 Å². The number of pyridine rings is 1. The Morgan fingerprint density at radius 2 is 1.97 bits per heavy atom. The average molecular weight is 417 g/mol. The first-order valence-corrected chi connectivity index (χ1v) is 10.4. The lowest BCUT2D eigenvalue weighted by Gasteiger charge is -2.32. The fraction of sp³-hybridized carbons (Fsp3) is 0.261. The standard InChI is InChI=1S/C23H24FN7/c1-15-14-30(11-10-26-15)21-7-6-20-28-22(16-2-4-18(24)5-3-16)23(31(20)29-21)17-8-9-27-19(12-17)13-25/h2-9,12,15,26H,10-11,13-14,25H2,1H3. The van der Waals surface area contributed by atoms with Crippen molar-refractivity contribution in [2.75, 3.05) is 24.5 Å². The molecule has 0 aliphatic carbocycles. The number of nitrogens with one attached hydrogen (secondary N) is 1. The van der Waals surface area contributed by atoms with Crippen LogP contribution < -0.4 is 16.0 Å². The molecule has 1 aliphatic rings. The van der Waals surface area contributed by atoms with E-state index in [1.54, 1.807) is 18.3 Å². The molecule has 7 nitrogen and oxygen atoms in total. The van der Waals surface area contributed by atoms with Crippen LogP contribution in [0.5, 0.6) is 0 Å². The van der Waals surface area contributed by atoms with E-state index in [0.29, 0.717) is 12.6 Å². The maximum atomic E-state index is 13.5. The summed E-state index contributed by atoms with van der Waals surface area (Å²) in [5.41, 5.74) is 10.7. The third-order valence-corrected chi connectivity index (χ3v) is 5.57. The molecule has 0 amide bonds. The number of nitrogens with zero attached hydrogens (tertiary/aromatic N) is 5. The van der Waals surface area contributed by atoms with Gasteiger partial charge in [0.15, 0.2) is 5.65 Å². The van der Waals surface area contributed by atoms with Gasteiger partial charge in [0.2, 0.25) is 0 Å². The van der Waals surface area contributed by atoms with Crippen LogP contribution in [0.25, 0.3) is 28.2 Å². The maximum Gasteiger partial charge on any atom is 0.155 e. The van der Waals surface area contributed by atoms with Crippen molar-refractivity contribution in [2.24, 2.45) is 5.73 Å². The Morgan fingerprint density at radius 1 is 1.13 bits per heavy atom. The van der Waals surface area contributed by atoms with Gasteiger partial charge in [0.1, 0.15) is 17.3 Å². The molecule has 1 unspecified atom stereocenters. The minimum atomic E-state index is -0.281. The van der Waals surface area contributed by atoms with Crippen LogP contribution in [-0.2, 0) is 6.54 Å². The van der Waals surface area contributed by atoms with Gasteiger partial charge in [-0.3, -0.25) is 4.98 Å². The van der Waals surface area contributed by atoms with Gasteiger partial charge in [0.25, 0.3) is 0 Å². The summed E-state index contributed by atoms with van der Waals surface area (Å²) in [4.78, 5) is 11.4. The Balaban J connectivity index is 1.71. The van der Waals surface area contributed by atoms with E-state index >= 15 is 0 Å². The number of hydrogen-bond acceptors (Lipinski definition) is 6. The molecule has 1 aliphatic heterocycles. The lowest BCUT2D eigenvalue weighted by molar-refractivity contribution is 0.481. The molecule has 4 heterocycles. The average Bonchev–Trinajstić information content (AvgIpc) is 3.18. The highest BCUT2D eigenvalue weighted by Crippen LogP contribution is 2.33. The molecule has 1 atom stereocenters. The molecule has 0 spiro atoms. The summed E-state index contributed by atoms with van der Waals surface area (Å²) in [6, 6.07) is 14.6. The summed E-state index contributed by atoms with van der Waals surface area (Å²) >= 11 is 0. The number of halogens is 1. The van der Waals surface area contributed by atoms with Gasteiger partial charge < -0.3 is 16.0 Å². The lowest BCUT2D eigenvalue weighted by Crippen LogP contribution is -2.49. The maximum absolute atomic E-state index is 13.5. The van der Waals surface area contributed by atoms with Crippen molar-refractivity contribution in [3.63, 3.8) is 0 Å². The monoisotopic (exact) mass is 417 g/mol. The number of hydrogen-bond donors (Lipinski definition) is 2. The van der Waals surface area contributed by atoms with Gasteiger partial charge in [-0.25, -0.2) is 13.9 Å². The minimum absolute atomic E-state index is 0.281. The van der Waals surface area contributed by atoms with Gasteiger partial charge in [-0.2, -0.15) is 0 Å². The van der Waals surface area contributed by atoms with E-state index in [0.717, 1.165) is 59.3 Å². The van der Waals surface area contributed by atoms with Crippen LogP contribution in [0.2, 0.25) is 0 Å². The molecular formula is C23H24FN7. The lowest BCUT2D eigenvalue weighted by atomic mass is 10.1. The van der Waals surface area contributed by atoms with Crippen molar-refractivity contribution >= 4 is 11.5 Å². The highest BCUT2D eigenvalue weighted by molar-refractivity contribution is 5.81. The van der Waals surface area contributed by atoms with Crippen molar-refractivity contribution in [2.45, 2.75) is 19.5 Å². The molecule has 1 aromatic carbocycles. The van der Waals surface area contributed by atoms with Crippen LogP contribution in [0, 0.1) is 5.82 Å². The van der Waals surface area contributed by atoms with E-state index in [1.165, 1.54) is 12.1 Å². The Labute approximate surface area is 179 Å². The fourth-order valence-electron chi connectivity index (χ4n) is 4.04. The summed E-state index contributed by atoms with van der Waals surface area (Å²) in [6.07, 6.45) is 1.74. The molecule has 158 valence electrons. The zero-order valence-electron chi connectivity index (χ0n) is 17.3. The summed E-state index contributed by atoms with van der Waals surface area (Å²) < 4.78 is 15.4. The highest BCUT2D eigenvalue weighted by atomic mass is 19.1. The zero-order chi connectivity index (χ0) is 21.4. The van der Waals surface area contributed by atoms with Gasteiger partial charge in [0, 0.05) is 49.5 Å². The molecule has 31 heavy (non-hydrogen) atoms. The van der Waals surface area contributed by atoms with Gasteiger partial charge in [-0.15, -0.1) is 5.10 Å². The largest absolute Gasteiger partial charge is 0.352 e. The summed E-state index contributed by atoms with van der Waals surface area (Å²) in [6.45, 7) is 5.21. The predicted molar refractivity (Wildman–Crippen MR) is 119 cm³/mol. The van der Waals surface area contributed by atoms with Gasteiger partial charge in [0.05, 0.1) is 11.4 Å².